The number of carbonyl (C=O) groups is 1. The van der Waals surface area contributed by atoms with Crippen LogP contribution in [-0.2, 0) is 17.6 Å². The maximum Gasteiger partial charge on any atom is 0.292 e. The molecular formula is C12H14N2O3. The fourth-order valence-electron chi connectivity index (χ4n) is 2.38. The molecule has 0 amide bonds. The number of hydrogen-bond donors (Lipinski definition) is 1. The van der Waals surface area contributed by atoms with Crippen LogP contribution in [0.5, 0.6) is 0 Å². The lowest BCUT2D eigenvalue weighted by Gasteiger charge is -2.23. The summed E-state index contributed by atoms with van der Waals surface area (Å²) in [6, 6.07) is 3.15. The Kier molecular flexibility index (Phi) is 2.83. The van der Waals surface area contributed by atoms with Crippen molar-refractivity contribution in [1.29, 1.82) is 0 Å². The van der Waals surface area contributed by atoms with Gasteiger partial charge in [-0.3, -0.25) is 14.9 Å². The molecule has 1 aliphatic carbocycles. The van der Waals surface area contributed by atoms with Gasteiger partial charge in [0.15, 0.2) is 0 Å². The lowest BCUT2D eigenvalue weighted by molar-refractivity contribution is -0.384. The van der Waals surface area contributed by atoms with Crippen LogP contribution in [0.4, 0.5) is 11.4 Å². The van der Waals surface area contributed by atoms with E-state index in [-0.39, 0.29) is 23.1 Å². The van der Waals surface area contributed by atoms with Crippen LogP contribution in [0, 0.1) is 16.0 Å². The summed E-state index contributed by atoms with van der Waals surface area (Å²) < 4.78 is 0. The Balaban J connectivity index is 2.40. The number of fused-ring (bicyclic) bond motifs is 1. The van der Waals surface area contributed by atoms with E-state index in [1.165, 1.54) is 6.07 Å². The Morgan fingerprint density at radius 2 is 2.24 bits per heavy atom. The molecule has 0 heterocycles. The normalized spacial score (nSPS) is 18.5. The quantitative estimate of drug-likeness (QED) is 0.480. The van der Waals surface area contributed by atoms with Crippen LogP contribution in [0.15, 0.2) is 12.1 Å². The van der Waals surface area contributed by atoms with Gasteiger partial charge in [-0.2, -0.15) is 0 Å². The lowest BCUT2D eigenvalue weighted by Crippen LogP contribution is -2.21. The molecule has 0 radical (unpaired) electrons. The van der Waals surface area contributed by atoms with E-state index in [9.17, 15) is 14.9 Å². The van der Waals surface area contributed by atoms with Crippen molar-refractivity contribution in [2.24, 2.45) is 5.92 Å². The number of carbonyl (C=O) groups excluding carboxylic acids is 1. The van der Waals surface area contributed by atoms with Gasteiger partial charge in [0.1, 0.15) is 11.5 Å². The van der Waals surface area contributed by atoms with Gasteiger partial charge in [-0.1, -0.05) is 6.07 Å². The summed E-state index contributed by atoms with van der Waals surface area (Å²) in [4.78, 5) is 21.6. The minimum atomic E-state index is -0.466. The molecule has 0 fully saturated rings. The Bertz CT molecular complexity index is 497. The van der Waals surface area contributed by atoms with Crippen molar-refractivity contribution in [3.05, 3.63) is 33.4 Å². The van der Waals surface area contributed by atoms with Crippen LogP contribution in [0.3, 0.4) is 0 Å². The molecule has 0 spiro atoms. The van der Waals surface area contributed by atoms with Crippen molar-refractivity contribution in [1.82, 2.24) is 0 Å². The van der Waals surface area contributed by atoms with Gasteiger partial charge in [-0.25, -0.2) is 0 Å². The molecule has 0 aromatic heterocycles. The largest absolute Gasteiger partial charge is 0.393 e. The monoisotopic (exact) mass is 234 g/mol. The number of nitro groups is 1. The Labute approximate surface area is 98.8 Å². The van der Waals surface area contributed by atoms with Gasteiger partial charge in [-0.15, -0.1) is 0 Å². The van der Waals surface area contributed by atoms with E-state index in [1.807, 2.05) is 0 Å². The molecule has 1 atom stereocenters. The lowest BCUT2D eigenvalue weighted by atomic mass is 9.81. The van der Waals surface area contributed by atoms with Crippen LogP contribution >= 0.6 is 0 Å². The predicted octanol–water partition coefficient (Wildman–Crippen LogP) is 1.87. The molecule has 1 unspecified atom stereocenters. The fourth-order valence-corrected chi connectivity index (χ4v) is 2.38. The molecular weight excluding hydrogens is 220 g/mol. The summed E-state index contributed by atoms with van der Waals surface area (Å²) in [6.07, 6.45) is 2.02. The maximum absolute atomic E-state index is 11.3. The third kappa shape index (κ3) is 2.00. The van der Waals surface area contributed by atoms with Crippen molar-refractivity contribution in [2.75, 3.05) is 5.73 Å². The summed E-state index contributed by atoms with van der Waals surface area (Å²) >= 11 is 0. The average molecular weight is 234 g/mol. The molecule has 0 aliphatic heterocycles. The molecule has 2 rings (SSSR count). The molecule has 1 aromatic carbocycles. The van der Waals surface area contributed by atoms with Gasteiger partial charge < -0.3 is 5.73 Å². The highest BCUT2D eigenvalue weighted by molar-refractivity contribution is 5.79. The van der Waals surface area contributed by atoms with Gasteiger partial charge in [0.25, 0.3) is 5.69 Å². The van der Waals surface area contributed by atoms with E-state index < -0.39 is 4.92 Å². The van der Waals surface area contributed by atoms with Crippen LogP contribution in [-0.4, -0.2) is 10.7 Å². The van der Waals surface area contributed by atoms with E-state index in [1.54, 1.807) is 13.0 Å². The smallest absolute Gasteiger partial charge is 0.292 e. The third-order valence-corrected chi connectivity index (χ3v) is 3.41. The van der Waals surface area contributed by atoms with Crippen molar-refractivity contribution in [3.8, 4) is 0 Å². The Morgan fingerprint density at radius 3 is 2.82 bits per heavy atom. The highest BCUT2D eigenvalue weighted by atomic mass is 16.6. The van der Waals surface area contributed by atoms with Crippen LogP contribution in [0.1, 0.15) is 24.5 Å². The molecule has 5 heteroatoms. The van der Waals surface area contributed by atoms with Crippen LogP contribution in [0.25, 0.3) is 0 Å². The summed E-state index contributed by atoms with van der Waals surface area (Å²) in [5.74, 6) is 0.205. The fraction of sp³-hybridized carbons (Fsp3) is 0.417. The molecule has 90 valence electrons. The standard InChI is InChI=1S/C12H14N2O3/c1-7(15)8-2-4-10-9(6-8)3-5-11(12(10)13)14(16)17/h3,5,8H,2,4,6,13H2,1H3. The first kappa shape index (κ1) is 11.6. The average Bonchev–Trinajstić information content (AvgIpc) is 2.28. The number of nitrogens with two attached hydrogens (primary N) is 1. The zero-order chi connectivity index (χ0) is 12.6. The molecule has 0 saturated carbocycles. The zero-order valence-electron chi connectivity index (χ0n) is 9.60. The highest BCUT2D eigenvalue weighted by Gasteiger charge is 2.26. The number of Topliss-reactive ketones (excluding diaryl/α,β-unsaturated/α-hetero) is 1. The van der Waals surface area contributed by atoms with E-state index >= 15 is 0 Å². The Morgan fingerprint density at radius 1 is 1.53 bits per heavy atom. The second-order valence-corrected chi connectivity index (χ2v) is 4.44. The first-order valence-corrected chi connectivity index (χ1v) is 5.55. The van der Waals surface area contributed by atoms with Gasteiger partial charge in [-0.05, 0) is 37.3 Å². The van der Waals surface area contributed by atoms with Gasteiger partial charge in [0.05, 0.1) is 4.92 Å². The maximum atomic E-state index is 11.3. The van der Waals surface area contributed by atoms with E-state index in [0.29, 0.717) is 12.8 Å². The number of benzene rings is 1. The molecule has 2 N–H and O–H groups in total. The summed E-state index contributed by atoms with van der Waals surface area (Å²) in [5, 5.41) is 10.8. The second-order valence-electron chi connectivity index (χ2n) is 4.44. The highest BCUT2D eigenvalue weighted by Crippen LogP contribution is 2.34. The van der Waals surface area contributed by atoms with Crippen molar-refractivity contribution in [3.63, 3.8) is 0 Å². The van der Waals surface area contributed by atoms with E-state index in [2.05, 4.69) is 0 Å². The molecule has 1 aliphatic rings. The molecule has 0 saturated heterocycles. The van der Waals surface area contributed by atoms with Crippen molar-refractivity contribution >= 4 is 17.2 Å². The zero-order valence-corrected chi connectivity index (χ0v) is 9.60. The molecule has 17 heavy (non-hydrogen) atoms. The number of anilines is 1. The van der Waals surface area contributed by atoms with Crippen LogP contribution in [0.2, 0.25) is 0 Å². The van der Waals surface area contributed by atoms with E-state index in [4.69, 9.17) is 5.73 Å². The Hall–Kier alpha value is -1.91. The number of nitrogen functional groups attached to an aromatic ring is 1. The predicted molar refractivity (Wildman–Crippen MR) is 63.7 cm³/mol. The second kappa shape index (κ2) is 4.16. The van der Waals surface area contributed by atoms with E-state index in [0.717, 1.165) is 17.5 Å². The SMILES string of the molecule is CC(=O)C1CCc2c(ccc([N+](=O)[O-])c2N)C1. The van der Waals surface area contributed by atoms with Crippen LogP contribution < -0.4 is 5.73 Å². The number of hydrogen-bond acceptors (Lipinski definition) is 4. The van der Waals surface area contributed by atoms with Gasteiger partial charge in [0, 0.05) is 12.0 Å². The minimum Gasteiger partial charge on any atom is -0.393 e. The summed E-state index contributed by atoms with van der Waals surface area (Å²) in [7, 11) is 0. The van der Waals surface area contributed by atoms with Gasteiger partial charge >= 0.3 is 0 Å². The van der Waals surface area contributed by atoms with Gasteiger partial charge in [0.2, 0.25) is 0 Å². The summed E-state index contributed by atoms with van der Waals surface area (Å²) in [6.45, 7) is 1.59. The first-order valence-electron chi connectivity index (χ1n) is 5.55. The number of ketones is 1. The summed E-state index contributed by atoms with van der Waals surface area (Å²) in [5.41, 5.74) is 7.84. The van der Waals surface area contributed by atoms with Crippen molar-refractivity contribution < 1.29 is 9.72 Å². The minimum absolute atomic E-state index is 0.0309. The molecule has 5 nitrogen and oxygen atoms in total. The number of nitro benzene ring substituents is 1. The molecule has 1 aromatic rings. The first-order chi connectivity index (χ1) is 8.00. The topological polar surface area (TPSA) is 86.2 Å². The van der Waals surface area contributed by atoms with Crippen molar-refractivity contribution in [2.45, 2.75) is 26.2 Å². The third-order valence-electron chi connectivity index (χ3n) is 3.41. The number of rotatable bonds is 2. The number of nitrogens with zero attached hydrogens (tertiary/aromatic N) is 1. The molecule has 0 bridgehead atoms.